The first-order valence-corrected chi connectivity index (χ1v) is 12.9. The molecule has 0 radical (unpaired) electrons. The van der Waals surface area contributed by atoms with Gasteiger partial charge < -0.3 is 10.6 Å². The molecule has 6 nitrogen and oxygen atoms in total. The smallest absolute Gasteiger partial charge is 0.228 e. The molecule has 36 heavy (non-hydrogen) atoms. The third kappa shape index (κ3) is 6.59. The van der Waals surface area contributed by atoms with Gasteiger partial charge in [0.25, 0.3) is 0 Å². The van der Waals surface area contributed by atoms with Crippen molar-refractivity contribution < 1.29 is 9.59 Å². The minimum Gasteiger partial charge on any atom is -0.326 e. The van der Waals surface area contributed by atoms with Crippen molar-refractivity contribution in [3.8, 4) is 0 Å². The van der Waals surface area contributed by atoms with Gasteiger partial charge in [-0.2, -0.15) is 0 Å². The Bertz CT molecular complexity index is 1190. The van der Waals surface area contributed by atoms with Crippen LogP contribution in [0.3, 0.4) is 0 Å². The normalized spacial score (nSPS) is 15.9. The Hall–Kier alpha value is -3.48. The average molecular weight is 483 g/mol. The minimum atomic E-state index is 0.0373. The van der Waals surface area contributed by atoms with Crippen LogP contribution < -0.4 is 10.6 Å². The Labute approximate surface area is 213 Å². The van der Waals surface area contributed by atoms with Crippen molar-refractivity contribution in [3.63, 3.8) is 0 Å². The van der Waals surface area contributed by atoms with Crippen LogP contribution in [-0.2, 0) is 35.5 Å². The predicted molar refractivity (Wildman–Crippen MR) is 144 cm³/mol. The number of hydrogen-bond acceptors (Lipinski definition) is 4. The van der Waals surface area contributed by atoms with Crippen molar-refractivity contribution in [1.82, 2.24) is 9.80 Å². The first-order valence-electron chi connectivity index (χ1n) is 12.9. The maximum absolute atomic E-state index is 12.4. The largest absolute Gasteiger partial charge is 0.326 e. The Morgan fingerprint density at radius 2 is 1.44 bits per heavy atom. The highest BCUT2D eigenvalue weighted by Gasteiger charge is 2.18. The van der Waals surface area contributed by atoms with E-state index in [2.05, 4.69) is 69.0 Å². The number of amides is 2. The second kappa shape index (κ2) is 11.5. The fourth-order valence-electron chi connectivity index (χ4n) is 5.01. The van der Waals surface area contributed by atoms with Crippen molar-refractivity contribution in [2.24, 2.45) is 0 Å². The zero-order valence-corrected chi connectivity index (χ0v) is 20.7. The SMILES string of the molecule is O=C(CCCc1ccc2c(c1)CC(=O)N2)Nc1ccc(CN2CCN(Cc3ccccc3)CC2)cc1. The Morgan fingerprint density at radius 1 is 0.806 bits per heavy atom. The molecule has 0 aromatic heterocycles. The van der Waals surface area contributed by atoms with Gasteiger partial charge in [-0.1, -0.05) is 54.6 Å². The minimum absolute atomic E-state index is 0.0373. The lowest BCUT2D eigenvalue weighted by Crippen LogP contribution is -2.45. The predicted octanol–water partition coefficient (Wildman–Crippen LogP) is 4.46. The van der Waals surface area contributed by atoms with Crippen LogP contribution >= 0.6 is 0 Å². The maximum atomic E-state index is 12.4. The molecule has 2 heterocycles. The highest BCUT2D eigenvalue weighted by Crippen LogP contribution is 2.24. The number of carbonyl (C=O) groups is 2. The van der Waals surface area contributed by atoms with Gasteiger partial charge in [0.1, 0.15) is 0 Å². The topological polar surface area (TPSA) is 64.7 Å². The van der Waals surface area contributed by atoms with E-state index < -0.39 is 0 Å². The maximum Gasteiger partial charge on any atom is 0.228 e. The molecule has 0 aliphatic carbocycles. The number of piperazine rings is 1. The molecule has 0 atom stereocenters. The second-order valence-corrected chi connectivity index (χ2v) is 9.85. The van der Waals surface area contributed by atoms with E-state index in [1.807, 2.05) is 24.3 Å². The van der Waals surface area contributed by atoms with Crippen molar-refractivity contribution in [2.75, 3.05) is 36.8 Å². The zero-order chi connectivity index (χ0) is 24.7. The third-order valence-electron chi connectivity index (χ3n) is 7.02. The molecule has 0 spiro atoms. The van der Waals surface area contributed by atoms with Gasteiger partial charge in [-0.25, -0.2) is 0 Å². The molecule has 6 heteroatoms. The summed E-state index contributed by atoms with van der Waals surface area (Å²) in [5, 5.41) is 5.88. The summed E-state index contributed by atoms with van der Waals surface area (Å²) in [5.74, 6) is 0.0873. The lowest BCUT2D eigenvalue weighted by atomic mass is 10.0. The van der Waals surface area contributed by atoms with Gasteiger partial charge >= 0.3 is 0 Å². The summed E-state index contributed by atoms with van der Waals surface area (Å²) in [5.41, 5.74) is 6.63. The molecule has 2 aliphatic rings. The number of benzene rings is 3. The van der Waals surface area contributed by atoms with Gasteiger partial charge in [-0.3, -0.25) is 19.4 Å². The third-order valence-corrected chi connectivity index (χ3v) is 7.02. The van der Waals surface area contributed by atoms with E-state index in [0.717, 1.165) is 69.0 Å². The van der Waals surface area contributed by atoms with E-state index in [1.54, 1.807) is 0 Å². The van der Waals surface area contributed by atoms with Gasteiger partial charge in [-0.15, -0.1) is 0 Å². The molecule has 3 aromatic rings. The van der Waals surface area contributed by atoms with E-state index in [4.69, 9.17) is 0 Å². The molecular formula is C30H34N4O2. The number of nitrogens with zero attached hydrogens (tertiary/aromatic N) is 2. The molecule has 2 amide bonds. The molecule has 1 saturated heterocycles. The first-order chi connectivity index (χ1) is 17.6. The van der Waals surface area contributed by atoms with Crippen LogP contribution in [0.2, 0.25) is 0 Å². The highest BCUT2D eigenvalue weighted by molar-refractivity contribution is 5.99. The molecule has 1 fully saturated rings. The van der Waals surface area contributed by atoms with E-state index in [1.165, 1.54) is 16.7 Å². The number of carbonyl (C=O) groups excluding carboxylic acids is 2. The highest BCUT2D eigenvalue weighted by atomic mass is 16.2. The summed E-state index contributed by atoms with van der Waals surface area (Å²) in [7, 11) is 0. The lowest BCUT2D eigenvalue weighted by Gasteiger charge is -2.34. The van der Waals surface area contributed by atoms with Gasteiger partial charge in [0.15, 0.2) is 0 Å². The summed E-state index contributed by atoms with van der Waals surface area (Å²) in [6.07, 6.45) is 2.53. The van der Waals surface area contributed by atoms with Gasteiger partial charge in [0.05, 0.1) is 6.42 Å². The van der Waals surface area contributed by atoms with E-state index in [0.29, 0.717) is 12.8 Å². The first kappa shape index (κ1) is 24.2. The average Bonchev–Trinajstić information content (AvgIpc) is 3.26. The monoisotopic (exact) mass is 482 g/mol. The van der Waals surface area contributed by atoms with Gasteiger partial charge in [0.2, 0.25) is 11.8 Å². The summed E-state index contributed by atoms with van der Waals surface area (Å²) in [4.78, 5) is 28.9. The standard InChI is InChI=1S/C30H34N4O2/c35-29(8-4-7-23-11-14-28-26(19-23)20-30(36)32-28)31-27-12-9-25(10-13-27)22-34-17-15-33(16-18-34)21-24-5-2-1-3-6-24/h1-3,5-6,9-14,19H,4,7-8,15-18,20-22H2,(H,31,35)(H,32,36). The van der Waals surface area contributed by atoms with Crippen LogP contribution in [0.1, 0.15) is 35.1 Å². The number of nitrogens with one attached hydrogen (secondary N) is 2. The van der Waals surface area contributed by atoms with E-state index in [9.17, 15) is 9.59 Å². The van der Waals surface area contributed by atoms with Crippen molar-refractivity contribution in [2.45, 2.75) is 38.8 Å². The molecule has 2 aliphatic heterocycles. The van der Waals surface area contributed by atoms with E-state index >= 15 is 0 Å². The van der Waals surface area contributed by atoms with Crippen LogP contribution in [0.25, 0.3) is 0 Å². The van der Waals surface area contributed by atoms with Crippen LogP contribution in [0.5, 0.6) is 0 Å². The van der Waals surface area contributed by atoms with Crippen LogP contribution in [0.15, 0.2) is 72.8 Å². The molecule has 186 valence electrons. The summed E-state index contributed by atoms with van der Waals surface area (Å²) < 4.78 is 0. The number of aryl methyl sites for hydroxylation is 1. The van der Waals surface area contributed by atoms with Crippen LogP contribution in [0.4, 0.5) is 11.4 Å². The molecule has 2 N–H and O–H groups in total. The van der Waals surface area contributed by atoms with Gasteiger partial charge in [0, 0.05) is 57.1 Å². The molecule has 0 bridgehead atoms. The Kier molecular flexibility index (Phi) is 7.74. The molecule has 5 rings (SSSR count). The van der Waals surface area contributed by atoms with Crippen LogP contribution in [-0.4, -0.2) is 47.8 Å². The Morgan fingerprint density at radius 3 is 2.14 bits per heavy atom. The van der Waals surface area contributed by atoms with Crippen LogP contribution in [0, 0.1) is 0 Å². The summed E-state index contributed by atoms with van der Waals surface area (Å²) in [6.45, 7) is 6.28. The quantitative estimate of drug-likeness (QED) is 0.473. The number of fused-ring (bicyclic) bond motifs is 1. The fraction of sp³-hybridized carbons (Fsp3) is 0.333. The van der Waals surface area contributed by atoms with Crippen molar-refractivity contribution in [1.29, 1.82) is 0 Å². The molecule has 3 aromatic carbocycles. The molecule has 0 unspecified atom stereocenters. The number of rotatable bonds is 9. The number of hydrogen-bond donors (Lipinski definition) is 2. The summed E-state index contributed by atoms with van der Waals surface area (Å²) in [6, 6.07) is 25.0. The van der Waals surface area contributed by atoms with Crippen molar-refractivity contribution >= 4 is 23.2 Å². The van der Waals surface area contributed by atoms with Gasteiger partial charge in [-0.05, 0) is 53.3 Å². The number of anilines is 2. The molecular weight excluding hydrogens is 448 g/mol. The second-order valence-electron chi connectivity index (χ2n) is 9.85. The Balaban J connectivity index is 1.01. The zero-order valence-electron chi connectivity index (χ0n) is 20.7. The lowest BCUT2D eigenvalue weighted by molar-refractivity contribution is -0.116. The van der Waals surface area contributed by atoms with E-state index in [-0.39, 0.29) is 11.8 Å². The fourth-order valence-corrected chi connectivity index (χ4v) is 5.01. The summed E-state index contributed by atoms with van der Waals surface area (Å²) >= 11 is 0. The molecule has 0 saturated carbocycles. The van der Waals surface area contributed by atoms with Crippen molar-refractivity contribution in [3.05, 3.63) is 95.1 Å².